The van der Waals surface area contributed by atoms with E-state index in [1.165, 1.54) is 12.1 Å². The summed E-state index contributed by atoms with van der Waals surface area (Å²) in [6, 6.07) is 10.2. The van der Waals surface area contributed by atoms with Crippen molar-refractivity contribution >= 4 is 27.5 Å². The summed E-state index contributed by atoms with van der Waals surface area (Å²) in [5.74, 6) is 0.609. The Hall–Kier alpha value is -1.10. The Morgan fingerprint density at radius 1 is 1.25 bits per heavy atom. The molecule has 0 aromatic heterocycles. The van der Waals surface area contributed by atoms with E-state index in [1.807, 2.05) is 25.1 Å². The maximum absolute atomic E-state index is 13.4. The maximum atomic E-state index is 13.4. The van der Waals surface area contributed by atoms with E-state index in [9.17, 15) is 4.39 Å². The van der Waals surface area contributed by atoms with Crippen LogP contribution >= 0.6 is 27.5 Å². The molecule has 0 aliphatic heterocycles. The summed E-state index contributed by atoms with van der Waals surface area (Å²) in [6.07, 6.45) is 0. The lowest BCUT2D eigenvalue weighted by atomic mass is 10.2. The third-order valence-corrected chi connectivity index (χ3v) is 3.51. The lowest BCUT2D eigenvalue weighted by Gasteiger charge is -2.12. The molecule has 0 atom stereocenters. The molecule has 0 aliphatic carbocycles. The first-order valence-corrected chi connectivity index (χ1v) is 7.39. The SMILES string of the molecule is CCNCc1ccc(Br)cc1Oc1ccc(Cl)c(F)c1. The first-order valence-electron chi connectivity index (χ1n) is 6.22. The number of benzene rings is 2. The van der Waals surface area contributed by atoms with Crippen LogP contribution in [0.1, 0.15) is 12.5 Å². The molecule has 2 aromatic rings. The largest absolute Gasteiger partial charge is 0.457 e. The normalized spacial score (nSPS) is 10.6. The van der Waals surface area contributed by atoms with Gasteiger partial charge in [0.1, 0.15) is 17.3 Å². The average Bonchev–Trinajstić information content (AvgIpc) is 2.42. The van der Waals surface area contributed by atoms with Gasteiger partial charge in [-0.2, -0.15) is 0 Å². The summed E-state index contributed by atoms with van der Waals surface area (Å²) in [5.41, 5.74) is 1.01. The molecular weight excluding hydrogens is 345 g/mol. The Morgan fingerprint density at radius 3 is 2.75 bits per heavy atom. The molecule has 0 fully saturated rings. The third-order valence-electron chi connectivity index (χ3n) is 2.71. The van der Waals surface area contributed by atoms with Gasteiger partial charge in [0.05, 0.1) is 5.02 Å². The molecule has 0 aliphatic rings. The zero-order chi connectivity index (χ0) is 14.5. The fourth-order valence-corrected chi connectivity index (χ4v) is 2.15. The van der Waals surface area contributed by atoms with Gasteiger partial charge in [-0.1, -0.05) is 40.5 Å². The van der Waals surface area contributed by atoms with Crippen molar-refractivity contribution < 1.29 is 9.13 Å². The molecule has 2 aromatic carbocycles. The summed E-state index contributed by atoms with van der Waals surface area (Å²) in [6.45, 7) is 3.59. The third kappa shape index (κ3) is 3.95. The van der Waals surface area contributed by atoms with Crippen LogP contribution in [0.15, 0.2) is 40.9 Å². The van der Waals surface area contributed by atoms with Crippen LogP contribution in [0.3, 0.4) is 0 Å². The van der Waals surface area contributed by atoms with Gasteiger partial charge in [-0.15, -0.1) is 0 Å². The van der Waals surface area contributed by atoms with Gasteiger partial charge in [0.15, 0.2) is 0 Å². The van der Waals surface area contributed by atoms with Gasteiger partial charge in [0.2, 0.25) is 0 Å². The second kappa shape index (κ2) is 7.07. The number of ether oxygens (including phenoxy) is 1. The summed E-state index contributed by atoms with van der Waals surface area (Å²) < 4.78 is 20.1. The van der Waals surface area contributed by atoms with Crippen molar-refractivity contribution in [3.8, 4) is 11.5 Å². The van der Waals surface area contributed by atoms with Crippen LogP contribution in [0, 0.1) is 5.82 Å². The summed E-state index contributed by atoms with van der Waals surface area (Å²) in [7, 11) is 0. The fraction of sp³-hybridized carbons (Fsp3) is 0.200. The van der Waals surface area contributed by atoms with Gasteiger partial charge in [-0.25, -0.2) is 4.39 Å². The van der Waals surface area contributed by atoms with E-state index in [4.69, 9.17) is 16.3 Å². The Bertz CT molecular complexity index is 606. The molecule has 2 rings (SSSR count). The minimum Gasteiger partial charge on any atom is -0.457 e. The fourth-order valence-electron chi connectivity index (χ4n) is 1.70. The quantitative estimate of drug-likeness (QED) is 0.798. The molecule has 0 heterocycles. The predicted octanol–water partition coefficient (Wildman–Crippen LogP) is 5.14. The summed E-state index contributed by atoms with van der Waals surface area (Å²) in [4.78, 5) is 0. The van der Waals surface area contributed by atoms with Crippen molar-refractivity contribution in [2.45, 2.75) is 13.5 Å². The molecule has 0 saturated carbocycles. The lowest BCUT2D eigenvalue weighted by molar-refractivity contribution is 0.468. The molecule has 0 unspecified atom stereocenters. The minimum absolute atomic E-state index is 0.0828. The second-order valence-electron chi connectivity index (χ2n) is 4.21. The zero-order valence-corrected chi connectivity index (χ0v) is 13.3. The van der Waals surface area contributed by atoms with Crippen LogP contribution in [-0.2, 0) is 6.54 Å². The van der Waals surface area contributed by atoms with Gasteiger partial charge < -0.3 is 10.1 Å². The van der Waals surface area contributed by atoms with E-state index in [0.717, 1.165) is 16.6 Å². The smallest absolute Gasteiger partial charge is 0.145 e. The molecule has 0 bridgehead atoms. The highest BCUT2D eigenvalue weighted by Crippen LogP contribution is 2.30. The average molecular weight is 359 g/mol. The van der Waals surface area contributed by atoms with Gasteiger partial charge in [0, 0.05) is 22.6 Å². The van der Waals surface area contributed by atoms with Gasteiger partial charge in [-0.05, 0) is 30.8 Å². The first-order chi connectivity index (χ1) is 9.60. The van der Waals surface area contributed by atoms with Crippen molar-refractivity contribution in [3.05, 3.63) is 57.3 Å². The summed E-state index contributed by atoms with van der Waals surface area (Å²) >= 11 is 9.07. The molecule has 0 spiro atoms. The van der Waals surface area contributed by atoms with Crippen LogP contribution in [0.25, 0.3) is 0 Å². The molecule has 0 saturated heterocycles. The Balaban J connectivity index is 2.26. The van der Waals surface area contributed by atoms with Crippen molar-refractivity contribution in [1.82, 2.24) is 5.32 Å². The molecule has 20 heavy (non-hydrogen) atoms. The zero-order valence-electron chi connectivity index (χ0n) is 10.9. The molecule has 5 heteroatoms. The van der Waals surface area contributed by atoms with E-state index < -0.39 is 5.82 Å². The van der Waals surface area contributed by atoms with E-state index in [1.54, 1.807) is 6.07 Å². The molecular formula is C15H14BrClFNO. The molecule has 106 valence electrons. The predicted molar refractivity (Wildman–Crippen MR) is 83.0 cm³/mol. The molecule has 2 nitrogen and oxygen atoms in total. The Morgan fingerprint density at radius 2 is 2.05 bits per heavy atom. The van der Waals surface area contributed by atoms with E-state index in [0.29, 0.717) is 18.0 Å². The minimum atomic E-state index is -0.493. The molecule has 0 radical (unpaired) electrons. The Kier molecular flexibility index (Phi) is 5.40. The Labute approximate surface area is 131 Å². The number of halogens is 3. The van der Waals surface area contributed by atoms with E-state index >= 15 is 0 Å². The van der Waals surface area contributed by atoms with Crippen LogP contribution in [-0.4, -0.2) is 6.54 Å². The van der Waals surface area contributed by atoms with E-state index in [2.05, 4.69) is 21.2 Å². The van der Waals surface area contributed by atoms with Crippen LogP contribution in [0.5, 0.6) is 11.5 Å². The highest BCUT2D eigenvalue weighted by atomic mass is 79.9. The topological polar surface area (TPSA) is 21.3 Å². The van der Waals surface area contributed by atoms with Crippen molar-refractivity contribution in [2.75, 3.05) is 6.54 Å². The standard InChI is InChI=1S/C15H14BrClFNO/c1-2-19-9-10-3-4-11(16)7-15(10)20-12-5-6-13(17)14(18)8-12/h3-8,19H,2,9H2,1H3. The van der Waals surface area contributed by atoms with E-state index in [-0.39, 0.29) is 5.02 Å². The number of hydrogen-bond acceptors (Lipinski definition) is 2. The maximum Gasteiger partial charge on any atom is 0.145 e. The van der Waals surface area contributed by atoms with Gasteiger partial charge in [0.25, 0.3) is 0 Å². The number of hydrogen-bond donors (Lipinski definition) is 1. The molecule has 1 N–H and O–H groups in total. The van der Waals surface area contributed by atoms with Crippen LogP contribution in [0.2, 0.25) is 5.02 Å². The van der Waals surface area contributed by atoms with Gasteiger partial charge >= 0.3 is 0 Å². The first kappa shape index (κ1) is 15.3. The van der Waals surface area contributed by atoms with Crippen LogP contribution < -0.4 is 10.1 Å². The molecule has 0 amide bonds. The lowest BCUT2D eigenvalue weighted by Crippen LogP contribution is -2.12. The highest BCUT2D eigenvalue weighted by molar-refractivity contribution is 9.10. The van der Waals surface area contributed by atoms with Crippen molar-refractivity contribution in [1.29, 1.82) is 0 Å². The summed E-state index contributed by atoms with van der Waals surface area (Å²) in [5, 5.41) is 3.32. The van der Waals surface area contributed by atoms with Crippen molar-refractivity contribution in [2.24, 2.45) is 0 Å². The van der Waals surface area contributed by atoms with Crippen molar-refractivity contribution in [3.63, 3.8) is 0 Å². The number of nitrogens with one attached hydrogen (secondary N) is 1. The van der Waals surface area contributed by atoms with Gasteiger partial charge in [-0.3, -0.25) is 0 Å². The second-order valence-corrected chi connectivity index (χ2v) is 5.53. The van der Waals surface area contributed by atoms with Crippen LogP contribution in [0.4, 0.5) is 4.39 Å². The number of rotatable bonds is 5. The highest BCUT2D eigenvalue weighted by Gasteiger charge is 2.08. The monoisotopic (exact) mass is 357 g/mol.